The third-order valence-electron chi connectivity index (χ3n) is 3.42. The first kappa shape index (κ1) is 16.4. The molecule has 0 radical (unpaired) electrons. The Morgan fingerprint density at radius 3 is 2.25 bits per heavy atom. The highest BCUT2D eigenvalue weighted by Crippen LogP contribution is 2.31. The van der Waals surface area contributed by atoms with Crippen molar-refractivity contribution in [3.8, 4) is 0 Å². The fourth-order valence-electron chi connectivity index (χ4n) is 1.93. The molecule has 7 heteroatoms. The molecule has 3 nitrogen and oxygen atoms in total. The minimum atomic E-state index is -1.87. The van der Waals surface area contributed by atoms with Crippen molar-refractivity contribution in [2.45, 2.75) is 32.2 Å². The molecule has 0 saturated carbocycles. The number of hydrogen-bond acceptors (Lipinski definition) is 2. The van der Waals surface area contributed by atoms with E-state index in [1.807, 2.05) is 0 Å². The predicted octanol–water partition coefficient (Wildman–Crippen LogP) is 2.78. The zero-order valence-electron chi connectivity index (χ0n) is 11.0. The molecule has 0 saturated heterocycles. The van der Waals surface area contributed by atoms with Crippen LogP contribution in [-0.4, -0.2) is 17.1 Å². The number of carboxylic acids is 1. The molecule has 3 atom stereocenters. The highest BCUT2D eigenvalue weighted by atomic mass is 19.2. The van der Waals surface area contributed by atoms with Crippen molar-refractivity contribution in [1.82, 2.24) is 0 Å². The van der Waals surface area contributed by atoms with E-state index in [1.54, 1.807) is 6.92 Å². The maximum absolute atomic E-state index is 13.6. The molecule has 0 aliphatic heterocycles. The van der Waals surface area contributed by atoms with Crippen LogP contribution in [0.15, 0.2) is 6.07 Å². The average Bonchev–Trinajstić information content (AvgIpc) is 2.39. The maximum Gasteiger partial charge on any atom is 0.320 e. The molecule has 0 heterocycles. The van der Waals surface area contributed by atoms with Crippen LogP contribution in [0.25, 0.3) is 0 Å². The molecule has 3 unspecified atom stereocenters. The van der Waals surface area contributed by atoms with E-state index in [9.17, 15) is 22.4 Å². The Bertz CT molecular complexity index is 522. The summed E-state index contributed by atoms with van der Waals surface area (Å²) in [5.74, 6) is -9.09. The second-order valence-electron chi connectivity index (χ2n) is 4.84. The number of hydrogen-bond donors (Lipinski definition) is 2. The number of aliphatic carboxylic acids is 1. The van der Waals surface area contributed by atoms with Gasteiger partial charge in [0.1, 0.15) is 6.04 Å². The summed E-state index contributed by atoms with van der Waals surface area (Å²) in [4.78, 5) is 10.6. The number of carbonyl (C=O) groups is 1. The molecular weight excluding hydrogens is 278 g/mol. The minimum Gasteiger partial charge on any atom is -0.480 e. The predicted molar refractivity (Wildman–Crippen MR) is 64.1 cm³/mol. The zero-order chi connectivity index (χ0) is 15.6. The first-order chi connectivity index (χ1) is 9.16. The summed E-state index contributed by atoms with van der Waals surface area (Å²) in [6.07, 6.45) is -0.00342. The van der Waals surface area contributed by atoms with Gasteiger partial charge in [0.25, 0.3) is 0 Å². The SMILES string of the molecule is CC(CC(N)C(=O)O)C(C)c1cc(F)c(F)c(F)c1F. The van der Waals surface area contributed by atoms with Crippen molar-refractivity contribution in [1.29, 1.82) is 0 Å². The van der Waals surface area contributed by atoms with Crippen molar-refractivity contribution in [3.63, 3.8) is 0 Å². The normalized spacial score (nSPS) is 15.8. The van der Waals surface area contributed by atoms with E-state index >= 15 is 0 Å². The number of carboxylic acid groups (broad SMARTS) is 1. The Balaban J connectivity index is 3.03. The Labute approximate surface area is 113 Å². The van der Waals surface area contributed by atoms with Crippen LogP contribution in [0.5, 0.6) is 0 Å². The van der Waals surface area contributed by atoms with Crippen LogP contribution in [0, 0.1) is 29.2 Å². The molecule has 1 aromatic rings. The van der Waals surface area contributed by atoms with Crippen LogP contribution >= 0.6 is 0 Å². The average molecular weight is 293 g/mol. The van der Waals surface area contributed by atoms with E-state index in [0.717, 1.165) is 0 Å². The van der Waals surface area contributed by atoms with Gasteiger partial charge in [-0.15, -0.1) is 0 Å². The van der Waals surface area contributed by atoms with Gasteiger partial charge in [-0.05, 0) is 29.9 Å². The number of halogens is 4. The van der Waals surface area contributed by atoms with Gasteiger partial charge in [-0.1, -0.05) is 13.8 Å². The molecule has 0 aromatic heterocycles. The Morgan fingerprint density at radius 2 is 1.75 bits per heavy atom. The van der Waals surface area contributed by atoms with Gasteiger partial charge < -0.3 is 10.8 Å². The van der Waals surface area contributed by atoms with Crippen LogP contribution in [-0.2, 0) is 4.79 Å². The monoisotopic (exact) mass is 293 g/mol. The van der Waals surface area contributed by atoms with E-state index in [0.29, 0.717) is 6.07 Å². The summed E-state index contributed by atoms with van der Waals surface area (Å²) >= 11 is 0. The van der Waals surface area contributed by atoms with Crippen LogP contribution in [0.4, 0.5) is 17.6 Å². The quantitative estimate of drug-likeness (QED) is 0.498. The molecule has 1 rings (SSSR count). The van der Waals surface area contributed by atoms with Crippen molar-refractivity contribution in [3.05, 3.63) is 34.9 Å². The topological polar surface area (TPSA) is 63.3 Å². The fourth-order valence-corrected chi connectivity index (χ4v) is 1.93. The lowest BCUT2D eigenvalue weighted by molar-refractivity contribution is -0.138. The highest BCUT2D eigenvalue weighted by Gasteiger charge is 2.27. The lowest BCUT2D eigenvalue weighted by Gasteiger charge is -2.22. The van der Waals surface area contributed by atoms with Crippen LogP contribution in [0.2, 0.25) is 0 Å². The molecule has 0 aliphatic carbocycles. The van der Waals surface area contributed by atoms with Crippen molar-refractivity contribution >= 4 is 5.97 Å². The summed E-state index contributed by atoms with van der Waals surface area (Å²) < 4.78 is 52.8. The Hall–Kier alpha value is -1.63. The second kappa shape index (κ2) is 6.21. The molecule has 0 spiro atoms. The van der Waals surface area contributed by atoms with Gasteiger partial charge in [0.2, 0.25) is 0 Å². The largest absolute Gasteiger partial charge is 0.480 e. The molecular formula is C13H15F4NO2. The van der Waals surface area contributed by atoms with Gasteiger partial charge in [0, 0.05) is 0 Å². The van der Waals surface area contributed by atoms with Crippen LogP contribution in [0.1, 0.15) is 31.7 Å². The molecule has 0 bridgehead atoms. The lowest BCUT2D eigenvalue weighted by Crippen LogP contribution is -2.33. The summed E-state index contributed by atoms with van der Waals surface area (Å²) in [5.41, 5.74) is 5.01. The van der Waals surface area contributed by atoms with E-state index < -0.39 is 47.1 Å². The standard InChI is InChI=1S/C13H15F4NO2/c1-5(3-9(18)13(19)20)6(2)7-4-8(14)11(16)12(17)10(7)15/h4-6,9H,3,18H2,1-2H3,(H,19,20). The van der Waals surface area contributed by atoms with Gasteiger partial charge >= 0.3 is 5.97 Å². The minimum absolute atomic E-state index is 0.00342. The van der Waals surface area contributed by atoms with E-state index in [-0.39, 0.29) is 12.0 Å². The van der Waals surface area contributed by atoms with E-state index in [4.69, 9.17) is 10.8 Å². The Kier molecular flexibility index (Phi) is 5.10. The van der Waals surface area contributed by atoms with Gasteiger partial charge in [0.15, 0.2) is 23.3 Å². The van der Waals surface area contributed by atoms with Gasteiger partial charge in [0.05, 0.1) is 0 Å². The number of rotatable bonds is 5. The molecule has 0 aliphatic rings. The molecule has 112 valence electrons. The maximum atomic E-state index is 13.6. The zero-order valence-corrected chi connectivity index (χ0v) is 11.0. The summed E-state index contributed by atoms with van der Waals surface area (Å²) in [7, 11) is 0. The van der Waals surface area contributed by atoms with Crippen LogP contribution in [0.3, 0.4) is 0 Å². The highest BCUT2D eigenvalue weighted by molar-refractivity contribution is 5.73. The first-order valence-electron chi connectivity index (χ1n) is 5.98. The van der Waals surface area contributed by atoms with Crippen molar-refractivity contribution < 1.29 is 27.5 Å². The van der Waals surface area contributed by atoms with Crippen LogP contribution < -0.4 is 5.73 Å². The molecule has 0 amide bonds. The Morgan fingerprint density at radius 1 is 1.20 bits per heavy atom. The third-order valence-corrected chi connectivity index (χ3v) is 3.42. The molecule has 20 heavy (non-hydrogen) atoms. The lowest BCUT2D eigenvalue weighted by atomic mass is 9.84. The first-order valence-corrected chi connectivity index (χ1v) is 5.98. The fraction of sp³-hybridized carbons (Fsp3) is 0.462. The summed E-state index contributed by atoms with van der Waals surface area (Å²) in [5, 5.41) is 8.69. The number of benzene rings is 1. The van der Waals surface area contributed by atoms with Gasteiger partial charge in [-0.3, -0.25) is 4.79 Å². The number of nitrogens with two attached hydrogens (primary N) is 1. The van der Waals surface area contributed by atoms with Crippen molar-refractivity contribution in [2.75, 3.05) is 0 Å². The van der Waals surface area contributed by atoms with Gasteiger partial charge in [-0.2, -0.15) is 0 Å². The van der Waals surface area contributed by atoms with Crippen molar-refractivity contribution in [2.24, 2.45) is 11.7 Å². The summed E-state index contributed by atoms with van der Waals surface area (Å²) in [6.45, 7) is 3.04. The molecule has 3 N–H and O–H groups in total. The summed E-state index contributed by atoms with van der Waals surface area (Å²) in [6, 6.07) is -0.577. The second-order valence-corrected chi connectivity index (χ2v) is 4.84. The third kappa shape index (κ3) is 3.27. The smallest absolute Gasteiger partial charge is 0.320 e. The molecule has 0 fully saturated rings. The molecule has 1 aromatic carbocycles. The van der Waals surface area contributed by atoms with Gasteiger partial charge in [-0.25, -0.2) is 17.6 Å². The van der Waals surface area contributed by atoms with E-state index in [2.05, 4.69) is 0 Å². The van der Waals surface area contributed by atoms with E-state index in [1.165, 1.54) is 6.92 Å².